The topological polar surface area (TPSA) is 82.3 Å². The number of imide groups is 1. The summed E-state index contributed by atoms with van der Waals surface area (Å²) in [5.74, 6) is -0.598. The van der Waals surface area contributed by atoms with E-state index in [-0.39, 0.29) is 18.2 Å². The van der Waals surface area contributed by atoms with Crippen molar-refractivity contribution in [2.75, 3.05) is 6.54 Å². The van der Waals surface area contributed by atoms with Gasteiger partial charge in [0.2, 0.25) is 0 Å². The smallest absolute Gasteiger partial charge is 0.325 e. The quantitative estimate of drug-likeness (QED) is 0.620. The molecule has 6 nitrogen and oxygen atoms in total. The Morgan fingerprint density at radius 2 is 2.00 bits per heavy atom. The summed E-state index contributed by atoms with van der Waals surface area (Å²) in [7, 11) is 0. The van der Waals surface area contributed by atoms with Crippen molar-refractivity contribution < 1.29 is 14.4 Å². The third kappa shape index (κ3) is 2.14. The molecule has 1 aliphatic rings. The van der Waals surface area contributed by atoms with Crippen molar-refractivity contribution in [3.05, 3.63) is 24.0 Å². The van der Waals surface area contributed by atoms with Gasteiger partial charge in [-0.2, -0.15) is 0 Å². The van der Waals surface area contributed by atoms with Crippen LogP contribution in [0.1, 0.15) is 37.2 Å². The number of urea groups is 1. The van der Waals surface area contributed by atoms with Crippen molar-refractivity contribution >= 4 is 17.7 Å². The number of hydrogen-bond donors (Lipinski definition) is 2. The van der Waals surface area contributed by atoms with Crippen molar-refractivity contribution in [2.45, 2.75) is 32.2 Å². The molecule has 0 atom stereocenters. The van der Waals surface area contributed by atoms with Gasteiger partial charge in [-0.1, -0.05) is 13.8 Å². The number of carbonyl (C=O) groups excluding carboxylic acids is 3. The Bertz CT molecular complexity index is 503. The second-order valence-electron chi connectivity index (χ2n) is 4.62. The Labute approximate surface area is 111 Å². The zero-order valence-corrected chi connectivity index (χ0v) is 11.0. The summed E-state index contributed by atoms with van der Waals surface area (Å²) in [6.45, 7) is 3.46. The summed E-state index contributed by atoms with van der Waals surface area (Å²) in [6.07, 6.45) is 2.66. The molecular formula is C13H17N3O3. The third-order valence-electron chi connectivity index (χ3n) is 3.65. The fourth-order valence-electron chi connectivity index (χ4n) is 2.28. The molecule has 6 heteroatoms. The number of H-pyrrole nitrogens is 1. The number of amides is 3. The highest BCUT2D eigenvalue weighted by atomic mass is 16.2. The van der Waals surface area contributed by atoms with Crippen LogP contribution in [0.3, 0.4) is 0 Å². The Balaban J connectivity index is 2.16. The van der Waals surface area contributed by atoms with Gasteiger partial charge in [0, 0.05) is 6.20 Å². The van der Waals surface area contributed by atoms with Crippen molar-refractivity contribution in [1.29, 1.82) is 0 Å². The minimum absolute atomic E-state index is 0.229. The van der Waals surface area contributed by atoms with E-state index >= 15 is 0 Å². The molecule has 1 fully saturated rings. The molecule has 2 heterocycles. The fraction of sp³-hybridized carbons (Fsp3) is 0.462. The maximum Gasteiger partial charge on any atom is 0.325 e. The van der Waals surface area contributed by atoms with Crippen molar-refractivity contribution in [3.8, 4) is 0 Å². The fourth-order valence-corrected chi connectivity index (χ4v) is 2.28. The second-order valence-corrected chi connectivity index (χ2v) is 4.62. The number of rotatable bonds is 5. The number of carbonyl (C=O) groups is 3. The highest BCUT2D eigenvalue weighted by Gasteiger charge is 2.49. The summed E-state index contributed by atoms with van der Waals surface area (Å²) in [4.78, 5) is 39.8. The van der Waals surface area contributed by atoms with Crippen LogP contribution in [0.2, 0.25) is 0 Å². The van der Waals surface area contributed by atoms with Crippen LogP contribution in [0.15, 0.2) is 18.3 Å². The lowest BCUT2D eigenvalue weighted by Gasteiger charge is -2.22. The van der Waals surface area contributed by atoms with Crippen LogP contribution in [-0.2, 0) is 4.79 Å². The first-order chi connectivity index (χ1) is 9.04. The van der Waals surface area contributed by atoms with E-state index < -0.39 is 11.6 Å². The van der Waals surface area contributed by atoms with Crippen LogP contribution in [0, 0.1) is 0 Å². The minimum Gasteiger partial charge on any atom is -0.359 e. The van der Waals surface area contributed by atoms with Crippen LogP contribution >= 0.6 is 0 Å². The van der Waals surface area contributed by atoms with Gasteiger partial charge in [0.25, 0.3) is 5.91 Å². The van der Waals surface area contributed by atoms with Gasteiger partial charge in [0.1, 0.15) is 5.54 Å². The van der Waals surface area contributed by atoms with Gasteiger partial charge in [0.05, 0.1) is 12.2 Å². The number of aromatic amines is 1. The lowest BCUT2D eigenvalue weighted by atomic mass is 9.93. The van der Waals surface area contributed by atoms with Crippen molar-refractivity contribution in [2.24, 2.45) is 0 Å². The first-order valence-electron chi connectivity index (χ1n) is 6.34. The molecule has 0 unspecified atom stereocenters. The number of hydrogen-bond acceptors (Lipinski definition) is 3. The number of Topliss-reactive ketones (excluding diaryl/α,β-unsaturated/α-hetero) is 1. The van der Waals surface area contributed by atoms with E-state index in [1.165, 1.54) is 0 Å². The van der Waals surface area contributed by atoms with E-state index in [1.807, 2.05) is 13.8 Å². The highest BCUT2D eigenvalue weighted by Crippen LogP contribution is 2.24. The number of ketones is 1. The van der Waals surface area contributed by atoms with Gasteiger partial charge in [0.15, 0.2) is 5.78 Å². The lowest BCUT2D eigenvalue weighted by molar-refractivity contribution is -0.131. The Morgan fingerprint density at radius 1 is 1.32 bits per heavy atom. The number of nitrogens with one attached hydrogen (secondary N) is 2. The predicted octanol–water partition coefficient (Wildman–Crippen LogP) is 1.31. The van der Waals surface area contributed by atoms with Gasteiger partial charge in [-0.3, -0.25) is 14.5 Å². The monoisotopic (exact) mass is 263 g/mol. The van der Waals surface area contributed by atoms with E-state index in [9.17, 15) is 14.4 Å². The molecule has 0 saturated carbocycles. The molecule has 0 bridgehead atoms. The standard InChI is InChI=1S/C13H17N3O3/c1-3-13(4-2)11(18)16(12(19)15-13)8-10(17)9-6-5-7-14-9/h5-7,14H,3-4,8H2,1-2H3,(H,15,19). The minimum atomic E-state index is -0.854. The summed E-state index contributed by atoms with van der Waals surface area (Å²) in [5.41, 5.74) is -0.460. The summed E-state index contributed by atoms with van der Waals surface area (Å²) in [6, 6.07) is 2.82. The molecule has 1 saturated heterocycles. The maximum absolute atomic E-state index is 12.3. The van der Waals surface area contributed by atoms with E-state index in [0.717, 1.165) is 4.90 Å². The molecule has 0 aromatic carbocycles. The van der Waals surface area contributed by atoms with E-state index in [1.54, 1.807) is 18.3 Å². The van der Waals surface area contributed by atoms with E-state index in [4.69, 9.17) is 0 Å². The highest BCUT2D eigenvalue weighted by molar-refractivity contribution is 6.10. The van der Waals surface area contributed by atoms with E-state index in [0.29, 0.717) is 18.5 Å². The van der Waals surface area contributed by atoms with E-state index in [2.05, 4.69) is 10.3 Å². The van der Waals surface area contributed by atoms with Crippen LogP contribution in [0.25, 0.3) is 0 Å². The zero-order chi connectivity index (χ0) is 14.0. The molecule has 0 aliphatic carbocycles. The van der Waals surface area contributed by atoms with Crippen LogP contribution in [-0.4, -0.2) is 39.7 Å². The van der Waals surface area contributed by atoms with Gasteiger partial charge in [-0.25, -0.2) is 4.79 Å². The first kappa shape index (κ1) is 13.3. The number of nitrogens with zero attached hydrogens (tertiary/aromatic N) is 1. The van der Waals surface area contributed by atoms with Gasteiger partial charge >= 0.3 is 6.03 Å². The summed E-state index contributed by atoms with van der Waals surface area (Å²) < 4.78 is 0. The molecule has 2 N–H and O–H groups in total. The average molecular weight is 263 g/mol. The average Bonchev–Trinajstić information content (AvgIpc) is 3.01. The second kappa shape index (κ2) is 4.87. The summed E-state index contributed by atoms with van der Waals surface area (Å²) >= 11 is 0. The molecule has 1 aromatic rings. The van der Waals surface area contributed by atoms with Gasteiger partial charge < -0.3 is 10.3 Å². The van der Waals surface area contributed by atoms with Crippen LogP contribution in [0.5, 0.6) is 0 Å². The molecule has 1 aliphatic heterocycles. The van der Waals surface area contributed by atoms with Crippen LogP contribution in [0.4, 0.5) is 4.79 Å². The molecule has 2 rings (SSSR count). The van der Waals surface area contributed by atoms with Crippen LogP contribution < -0.4 is 5.32 Å². The normalized spacial score (nSPS) is 17.7. The number of aromatic nitrogens is 1. The van der Waals surface area contributed by atoms with Gasteiger partial charge in [-0.15, -0.1) is 0 Å². The maximum atomic E-state index is 12.3. The molecule has 19 heavy (non-hydrogen) atoms. The predicted molar refractivity (Wildman–Crippen MR) is 68.7 cm³/mol. The molecule has 1 aromatic heterocycles. The SMILES string of the molecule is CCC1(CC)NC(=O)N(CC(=O)c2ccc[nH]2)C1=O. The van der Waals surface area contributed by atoms with Gasteiger partial charge in [-0.05, 0) is 25.0 Å². The largest absolute Gasteiger partial charge is 0.359 e. The molecule has 3 amide bonds. The Morgan fingerprint density at radius 3 is 2.47 bits per heavy atom. The Hall–Kier alpha value is -2.11. The van der Waals surface area contributed by atoms with Crippen molar-refractivity contribution in [1.82, 2.24) is 15.2 Å². The molecule has 0 radical (unpaired) electrons. The molecular weight excluding hydrogens is 246 g/mol. The molecule has 0 spiro atoms. The van der Waals surface area contributed by atoms with Crippen molar-refractivity contribution in [3.63, 3.8) is 0 Å². The first-order valence-corrected chi connectivity index (χ1v) is 6.34. The molecule has 102 valence electrons. The summed E-state index contributed by atoms with van der Waals surface area (Å²) in [5, 5.41) is 2.69. The lowest BCUT2D eigenvalue weighted by Crippen LogP contribution is -2.46. The third-order valence-corrected chi connectivity index (χ3v) is 3.65. The Kier molecular flexibility index (Phi) is 3.42. The zero-order valence-electron chi connectivity index (χ0n) is 11.0.